The minimum atomic E-state index is -4.79. The Hall–Kier alpha value is -2.00. The molecule has 2 amide bonds. The first-order valence-electron chi connectivity index (χ1n) is 7.14. The normalized spacial score (nSPS) is 22.2. The van der Waals surface area contributed by atoms with Crippen LogP contribution in [0.4, 0.5) is 23.7 Å². The van der Waals surface area contributed by atoms with Gasteiger partial charge in [-0.15, -0.1) is 0 Å². The van der Waals surface area contributed by atoms with E-state index in [0.717, 1.165) is 16.2 Å². The van der Waals surface area contributed by atoms with Crippen molar-refractivity contribution in [2.45, 2.75) is 16.7 Å². The number of carbonyl (C=O) groups is 1. The van der Waals surface area contributed by atoms with E-state index < -0.39 is 17.9 Å². The fraction of sp³-hybridized carbons (Fsp3) is 0.125. The first-order chi connectivity index (χ1) is 11.8. The molecule has 128 valence electrons. The van der Waals surface area contributed by atoms with Crippen molar-refractivity contribution in [3.8, 4) is 0 Å². The van der Waals surface area contributed by atoms with Crippen LogP contribution in [-0.2, 0) is 5.66 Å². The molecular weight excluding hydrogens is 419 g/mol. The van der Waals surface area contributed by atoms with Gasteiger partial charge in [0.05, 0.1) is 5.69 Å². The van der Waals surface area contributed by atoms with Crippen LogP contribution in [0.3, 0.4) is 0 Å². The zero-order chi connectivity index (χ0) is 17.8. The second kappa shape index (κ2) is 5.50. The number of amidine groups is 1. The van der Waals surface area contributed by atoms with Gasteiger partial charge in [-0.05, 0) is 30.0 Å². The number of hydrogen-bond donors (Lipinski definition) is 1. The molecule has 1 N–H and O–H groups in total. The lowest BCUT2D eigenvalue weighted by molar-refractivity contribution is -0.195. The maximum Gasteiger partial charge on any atom is 0.436 e. The van der Waals surface area contributed by atoms with Gasteiger partial charge in [0.1, 0.15) is 0 Å². The van der Waals surface area contributed by atoms with Crippen molar-refractivity contribution in [1.29, 1.82) is 0 Å². The summed E-state index contributed by atoms with van der Waals surface area (Å²) < 4.78 is 42.6. The number of amides is 2. The molecule has 2 aromatic carbocycles. The molecule has 0 radical (unpaired) electrons. The number of aliphatic imine (C=N–C) groups is 1. The number of anilines is 1. The summed E-state index contributed by atoms with van der Waals surface area (Å²) in [7, 11) is 0. The van der Waals surface area contributed by atoms with Crippen molar-refractivity contribution < 1.29 is 18.0 Å². The summed E-state index contributed by atoms with van der Waals surface area (Å²) in [6, 6.07) is 11.4. The van der Waals surface area contributed by atoms with E-state index in [1.165, 1.54) is 29.2 Å². The van der Waals surface area contributed by atoms with Crippen molar-refractivity contribution in [3.63, 3.8) is 0 Å². The Morgan fingerprint density at radius 3 is 2.56 bits per heavy atom. The number of thioether (sulfide) groups is 1. The van der Waals surface area contributed by atoms with E-state index in [0.29, 0.717) is 10.6 Å². The fourth-order valence-corrected chi connectivity index (χ4v) is 4.38. The Kier molecular flexibility index (Phi) is 3.62. The Morgan fingerprint density at radius 2 is 1.88 bits per heavy atom. The Bertz CT molecular complexity index is 903. The number of alkyl halides is 3. The minimum absolute atomic E-state index is 0.00183. The van der Waals surface area contributed by atoms with Crippen molar-refractivity contribution in [2.24, 2.45) is 4.99 Å². The highest BCUT2D eigenvalue weighted by atomic mass is 79.9. The molecule has 2 aliphatic rings. The van der Waals surface area contributed by atoms with Gasteiger partial charge in [0.2, 0.25) is 0 Å². The van der Waals surface area contributed by atoms with Crippen molar-refractivity contribution in [2.75, 3.05) is 4.90 Å². The van der Waals surface area contributed by atoms with Crippen LogP contribution >= 0.6 is 27.7 Å². The van der Waals surface area contributed by atoms with E-state index >= 15 is 0 Å². The monoisotopic (exact) mass is 427 g/mol. The lowest BCUT2D eigenvalue weighted by Crippen LogP contribution is -2.62. The molecule has 0 spiro atoms. The SMILES string of the molecule is O=C1N[C@](c2ccccc2)(C(F)(F)F)N=C2Sc3cc(Br)ccc3N12. The maximum absolute atomic E-state index is 13.9. The molecule has 0 saturated carbocycles. The van der Waals surface area contributed by atoms with Crippen molar-refractivity contribution in [1.82, 2.24) is 5.32 Å². The number of urea groups is 1. The Balaban J connectivity index is 1.90. The molecule has 25 heavy (non-hydrogen) atoms. The van der Waals surface area contributed by atoms with Crippen LogP contribution < -0.4 is 10.2 Å². The van der Waals surface area contributed by atoms with Crippen LogP contribution in [0.1, 0.15) is 5.56 Å². The molecule has 2 heterocycles. The smallest absolute Gasteiger partial charge is 0.301 e. The van der Waals surface area contributed by atoms with Gasteiger partial charge < -0.3 is 5.32 Å². The van der Waals surface area contributed by atoms with Crippen LogP contribution in [0.5, 0.6) is 0 Å². The number of hydrogen-bond acceptors (Lipinski definition) is 3. The van der Waals surface area contributed by atoms with Crippen molar-refractivity contribution >= 4 is 44.6 Å². The number of nitrogens with zero attached hydrogens (tertiary/aromatic N) is 2. The standard InChI is InChI=1S/C16H9BrF3N3OS/c17-10-6-7-11-12(8-10)25-14-22-15(16(18,19)20,21-13(24)23(11)14)9-4-2-1-3-5-9/h1-8H,(H,21,24)/t15-/m0/s1. The topological polar surface area (TPSA) is 44.7 Å². The molecule has 2 aromatic rings. The van der Waals surface area contributed by atoms with Crippen LogP contribution in [0.25, 0.3) is 0 Å². The summed E-state index contributed by atoms with van der Waals surface area (Å²) in [5.41, 5.74) is -2.43. The molecule has 2 aliphatic heterocycles. The predicted molar refractivity (Wildman–Crippen MR) is 92.6 cm³/mol. The van der Waals surface area contributed by atoms with Crippen LogP contribution in [0, 0.1) is 0 Å². The van der Waals surface area contributed by atoms with Crippen LogP contribution in [0.15, 0.2) is 62.9 Å². The lowest BCUT2D eigenvalue weighted by Gasteiger charge is -2.38. The fourth-order valence-electron chi connectivity index (χ4n) is 2.77. The largest absolute Gasteiger partial charge is 0.436 e. The summed E-state index contributed by atoms with van der Waals surface area (Å²) in [5.74, 6) is 0. The average molecular weight is 428 g/mol. The Labute approximate surface area is 153 Å². The molecule has 9 heteroatoms. The van der Waals surface area contributed by atoms with Gasteiger partial charge in [0.25, 0.3) is 5.66 Å². The first kappa shape index (κ1) is 16.5. The highest BCUT2D eigenvalue weighted by molar-refractivity contribution is 9.10. The molecule has 4 nitrogen and oxygen atoms in total. The third-order valence-corrected chi connectivity index (χ3v) is 5.41. The number of nitrogens with one attached hydrogen (secondary N) is 1. The molecular formula is C16H9BrF3N3OS. The zero-order valence-electron chi connectivity index (χ0n) is 12.3. The highest BCUT2D eigenvalue weighted by Crippen LogP contribution is 2.48. The molecule has 0 fully saturated rings. The van der Waals surface area contributed by atoms with E-state index in [-0.39, 0.29) is 10.7 Å². The number of fused-ring (bicyclic) bond motifs is 3. The predicted octanol–water partition coefficient (Wildman–Crippen LogP) is 4.86. The molecule has 0 saturated heterocycles. The first-order valence-corrected chi connectivity index (χ1v) is 8.74. The van der Waals surface area contributed by atoms with Gasteiger partial charge in [-0.1, -0.05) is 46.3 Å². The lowest BCUT2D eigenvalue weighted by atomic mass is 9.98. The third kappa shape index (κ3) is 2.44. The molecule has 0 aliphatic carbocycles. The van der Waals surface area contributed by atoms with Gasteiger partial charge in [-0.25, -0.2) is 14.7 Å². The zero-order valence-corrected chi connectivity index (χ0v) is 14.7. The van der Waals surface area contributed by atoms with Gasteiger partial charge in [-0.3, -0.25) is 0 Å². The summed E-state index contributed by atoms with van der Waals surface area (Å²) in [5, 5.41) is 2.06. The van der Waals surface area contributed by atoms with E-state index in [4.69, 9.17) is 0 Å². The molecule has 1 atom stereocenters. The molecule has 0 aromatic heterocycles. The molecule has 4 rings (SSSR count). The van der Waals surface area contributed by atoms with Crippen molar-refractivity contribution in [3.05, 3.63) is 58.6 Å². The van der Waals surface area contributed by atoms with Crippen LogP contribution in [0.2, 0.25) is 0 Å². The number of rotatable bonds is 1. The van der Waals surface area contributed by atoms with E-state index in [1.807, 2.05) is 0 Å². The van der Waals surface area contributed by atoms with E-state index in [2.05, 4.69) is 26.2 Å². The van der Waals surface area contributed by atoms with Gasteiger partial charge in [-0.2, -0.15) is 13.2 Å². The second-order valence-corrected chi connectivity index (χ2v) is 7.37. The number of carbonyl (C=O) groups excluding carboxylic acids is 1. The molecule has 0 unspecified atom stereocenters. The number of benzene rings is 2. The summed E-state index contributed by atoms with van der Waals surface area (Å²) in [4.78, 5) is 18.3. The number of halogens is 4. The second-order valence-electron chi connectivity index (χ2n) is 5.45. The third-order valence-electron chi connectivity index (χ3n) is 3.91. The summed E-state index contributed by atoms with van der Waals surface area (Å²) >= 11 is 4.35. The Morgan fingerprint density at radius 1 is 1.16 bits per heavy atom. The summed E-state index contributed by atoms with van der Waals surface area (Å²) in [6.07, 6.45) is -4.79. The van der Waals surface area contributed by atoms with E-state index in [9.17, 15) is 18.0 Å². The average Bonchev–Trinajstić information content (AvgIpc) is 2.92. The van der Waals surface area contributed by atoms with Gasteiger partial charge in [0, 0.05) is 14.9 Å². The van der Waals surface area contributed by atoms with Gasteiger partial charge >= 0.3 is 12.2 Å². The minimum Gasteiger partial charge on any atom is -0.301 e. The quantitative estimate of drug-likeness (QED) is 0.706. The van der Waals surface area contributed by atoms with Gasteiger partial charge in [0.15, 0.2) is 5.17 Å². The summed E-state index contributed by atoms with van der Waals surface area (Å²) in [6.45, 7) is 0. The highest BCUT2D eigenvalue weighted by Gasteiger charge is 2.61. The van der Waals surface area contributed by atoms with E-state index in [1.54, 1.807) is 24.3 Å². The van der Waals surface area contributed by atoms with Crippen LogP contribution in [-0.4, -0.2) is 17.4 Å². The molecule has 0 bridgehead atoms. The maximum atomic E-state index is 13.9.